The zero-order valence-electron chi connectivity index (χ0n) is 12.6. The Labute approximate surface area is 129 Å². The first kappa shape index (κ1) is 15.8. The van der Waals surface area contributed by atoms with Crippen LogP contribution < -0.4 is 0 Å². The summed E-state index contributed by atoms with van der Waals surface area (Å²) in [5, 5.41) is 9.08. The van der Waals surface area contributed by atoms with Crippen LogP contribution in [0.3, 0.4) is 0 Å². The molecule has 0 saturated heterocycles. The van der Waals surface area contributed by atoms with E-state index in [4.69, 9.17) is 5.11 Å². The molecule has 1 unspecified atom stereocenters. The molecule has 1 atom stereocenters. The normalized spacial score (nSPS) is 11.9. The highest BCUT2D eigenvalue weighted by molar-refractivity contribution is 5.76. The van der Waals surface area contributed by atoms with Crippen molar-refractivity contribution in [1.29, 1.82) is 0 Å². The molecule has 0 spiro atoms. The van der Waals surface area contributed by atoms with Gasteiger partial charge in [0.25, 0.3) is 0 Å². The largest absolute Gasteiger partial charge is 0.481 e. The monoisotopic (exact) mass is 300 g/mol. The summed E-state index contributed by atoms with van der Waals surface area (Å²) >= 11 is 0. The second-order valence-corrected chi connectivity index (χ2v) is 5.14. The van der Waals surface area contributed by atoms with E-state index in [0.717, 1.165) is 22.1 Å². The average molecular weight is 300 g/mol. The van der Waals surface area contributed by atoms with E-state index in [0.29, 0.717) is 5.69 Å². The lowest BCUT2D eigenvalue weighted by Gasteiger charge is -2.14. The quantitative estimate of drug-likeness (QED) is 0.922. The number of methoxy groups -OCH3 is 1. The lowest BCUT2D eigenvalue weighted by Crippen LogP contribution is -2.18. The molecule has 22 heavy (non-hydrogen) atoms. The second kappa shape index (κ2) is 6.93. The van der Waals surface area contributed by atoms with Crippen molar-refractivity contribution in [2.75, 3.05) is 7.11 Å². The van der Waals surface area contributed by atoms with E-state index >= 15 is 0 Å². The average Bonchev–Trinajstić information content (AvgIpc) is 2.90. The van der Waals surface area contributed by atoms with E-state index in [-0.39, 0.29) is 12.3 Å². The molecule has 0 bridgehead atoms. The van der Waals surface area contributed by atoms with Gasteiger partial charge >= 0.3 is 12.1 Å². The van der Waals surface area contributed by atoms with Crippen molar-refractivity contribution >= 4 is 12.1 Å². The van der Waals surface area contributed by atoms with Crippen LogP contribution >= 0.6 is 0 Å². The van der Waals surface area contributed by atoms with Gasteiger partial charge in [0.1, 0.15) is 0 Å². The number of hydrogen-bond acceptors (Lipinski definition) is 3. The fraction of sp³-hybridized carbons (Fsp3) is 0.294. The number of aliphatic carboxylic acids is 1. The molecule has 0 aliphatic carbocycles. The van der Waals surface area contributed by atoms with Crippen LogP contribution in [-0.4, -0.2) is 28.8 Å². The number of ether oxygens (including phenoxy) is 1. The summed E-state index contributed by atoms with van der Waals surface area (Å²) in [6, 6.07) is 11.6. The Morgan fingerprint density at radius 3 is 2.59 bits per heavy atom. The molecular weight excluding hydrogens is 282 g/mol. The molecule has 5 nitrogen and oxygen atoms in total. The summed E-state index contributed by atoms with van der Waals surface area (Å²) in [7, 11) is 1.26. The smallest absolute Gasteiger partial charge is 0.418 e. The van der Waals surface area contributed by atoms with Gasteiger partial charge in [-0.2, -0.15) is 0 Å². The van der Waals surface area contributed by atoms with Crippen LogP contribution in [-0.2, 0) is 22.4 Å². The van der Waals surface area contributed by atoms with Crippen molar-refractivity contribution in [1.82, 2.24) is 4.57 Å². The molecule has 0 saturated carbocycles. The first-order valence-electron chi connectivity index (χ1n) is 6.99. The highest BCUT2D eigenvalue weighted by Gasteiger charge is 2.21. The number of carbonyl (C=O) groups excluding carboxylic acids is 1. The van der Waals surface area contributed by atoms with Crippen molar-refractivity contribution in [2.24, 2.45) is 0 Å². The lowest BCUT2D eigenvalue weighted by atomic mass is 9.93. The summed E-state index contributed by atoms with van der Waals surface area (Å²) in [6.07, 6.45) is 2.66. The fourth-order valence-corrected chi connectivity index (χ4v) is 2.51. The van der Waals surface area contributed by atoms with Gasteiger partial charge in [-0.3, -0.25) is 4.79 Å². The first-order valence-corrected chi connectivity index (χ1v) is 6.99. The minimum Gasteiger partial charge on any atom is -0.481 e. The minimum absolute atomic E-state index is 0.0684. The Balaban J connectivity index is 2.31. The van der Waals surface area contributed by atoms with Gasteiger partial charge in [-0.05, 0) is 29.5 Å². The Kier molecular flexibility index (Phi) is 4.99. The topological polar surface area (TPSA) is 68.5 Å². The van der Waals surface area contributed by atoms with Crippen LogP contribution in [0.1, 0.15) is 29.7 Å². The fourth-order valence-electron chi connectivity index (χ4n) is 2.51. The molecule has 2 rings (SSSR count). The van der Waals surface area contributed by atoms with Crippen LogP contribution in [0.5, 0.6) is 0 Å². The maximum atomic E-state index is 11.7. The number of carboxylic acid groups (broad SMARTS) is 1. The number of benzene rings is 1. The predicted molar refractivity (Wildman–Crippen MR) is 81.0 cm³/mol. The molecular formula is C17H18NO4. The molecule has 0 aliphatic rings. The zero-order chi connectivity index (χ0) is 16.1. The van der Waals surface area contributed by atoms with Gasteiger partial charge in [-0.25, -0.2) is 9.36 Å². The number of carbonyl (C=O) groups is 2. The minimum atomic E-state index is -0.995. The number of aromatic nitrogens is 1. The summed E-state index contributed by atoms with van der Waals surface area (Å²) in [5.74, 6) is -0.927. The molecule has 5 heteroatoms. The zero-order valence-corrected chi connectivity index (χ0v) is 12.6. The third kappa shape index (κ3) is 3.55. The van der Waals surface area contributed by atoms with Crippen molar-refractivity contribution in [3.05, 3.63) is 59.4 Å². The Hall–Kier alpha value is -2.56. The molecule has 0 fully saturated rings. The maximum Gasteiger partial charge on any atom is 0.418 e. The maximum absolute atomic E-state index is 11.7. The van der Waals surface area contributed by atoms with Crippen LogP contribution in [0.15, 0.2) is 36.4 Å². The predicted octanol–water partition coefficient (Wildman–Crippen LogP) is 2.88. The Morgan fingerprint density at radius 2 is 2.00 bits per heavy atom. The number of nitrogens with zero attached hydrogens (tertiary/aromatic N) is 1. The highest BCUT2D eigenvalue weighted by atomic mass is 16.5. The number of carboxylic acids is 1. The lowest BCUT2D eigenvalue weighted by molar-refractivity contribution is -0.136. The molecule has 115 valence electrons. The van der Waals surface area contributed by atoms with Crippen molar-refractivity contribution in [2.45, 2.75) is 25.7 Å². The molecule has 1 heterocycles. The van der Waals surface area contributed by atoms with Crippen LogP contribution in [0, 0.1) is 6.20 Å². The molecule has 1 aromatic carbocycles. The second-order valence-electron chi connectivity index (χ2n) is 5.14. The van der Waals surface area contributed by atoms with E-state index in [2.05, 4.69) is 10.9 Å². The molecule has 0 amide bonds. The van der Waals surface area contributed by atoms with Gasteiger partial charge in [0.2, 0.25) is 0 Å². The van der Waals surface area contributed by atoms with E-state index in [9.17, 15) is 9.59 Å². The summed E-state index contributed by atoms with van der Waals surface area (Å²) in [5.41, 5.74) is 2.38. The van der Waals surface area contributed by atoms with Gasteiger partial charge in [0.05, 0.1) is 19.7 Å². The van der Waals surface area contributed by atoms with Crippen molar-refractivity contribution in [3.8, 4) is 0 Å². The van der Waals surface area contributed by atoms with Gasteiger partial charge in [-0.1, -0.05) is 37.3 Å². The number of rotatable bonds is 5. The summed E-state index contributed by atoms with van der Waals surface area (Å²) in [4.78, 5) is 22.8. The van der Waals surface area contributed by atoms with E-state index in [1.807, 2.05) is 37.3 Å². The standard InChI is InChI=1S/C17H18NO4/c1-12(10-13-6-4-3-5-7-13)14-8-9-18(17(21)22-2)15(14)11-16(19)20/h3-8,12H,10-11H2,1-2H3,(H,19,20). The summed E-state index contributed by atoms with van der Waals surface area (Å²) < 4.78 is 5.81. The van der Waals surface area contributed by atoms with Crippen LogP contribution in [0.4, 0.5) is 4.79 Å². The van der Waals surface area contributed by atoms with E-state index < -0.39 is 12.1 Å². The Morgan fingerprint density at radius 1 is 1.32 bits per heavy atom. The third-order valence-electron chi connectivity index (χ3n) is 3.54. The third-order valence-corrected chi connectivity index (χ3v) is 3.54. The Bertz CT molecular complexity index is 661. The van der Waals surface area contributed by atoms with E-state index in [1.54, 1.807) is 6.07 Å². The molecule has 1 N–H and O–H groups in total. The number of hydrogen-bond donors (Lipinski definition) is 1. The summed E-state index contributed by atoms with van der Waals surface area (Å²) in [6.45, 7) is 2.00. The molecule has 2 aromatic rings. The van der Waals surface area contributed by atoms with Gasteiger partial charge < -0.3 is 9.84 Å². The highest BCUT2D eigenvalue weighted by Crippen LogP contribution is 2.25. The SMILES string of the molecule is COC(=O)n1[c]cc(C(C)Cc2ccccc2)c1CC(=O)O. The molecule has 1 aromatic heterocycles. The molecule has 0 aliphatic heterocycles. The van der Waals surface area contributed by atoms with Crippen molar-refractivity contribution < 1.29 is 19.4 Å². The van der Waals surface area contributed by atoms with Gasteiger partial charge in [0, 0.05) is 5.69 Å². The van der Waals surface area contributed by atoms with E-state index in [1.165, 1.54) is 7.11 Å². The van der Waals surface area contributed by atoms with Crippen molar-refractivity contribution in [3.63, 3.8) is 0 Å². The molecule has 1 radical (unpaired) electrons. The van der Waals surface area contributed by atoms with Gasteiger partial charge in [-0.15, -0.1) is 0 Å². The first-order chi connectivity index (χ1) is 10.5. The van der Waals surface area contributed by atoms with Crippen LogP contribution in [0.2, 0.25) is 0 Å². The van der Waals surface area contributed by atoms with Crippen LogP contribution in [0.25, 0.3) is 0 Å². The van der Waals surface area contributed by atoms with Gasteiger partial charge in [0.15, 0.2) is 0 Å².